The van der Waals surface area contributed by atoms with Crippen LogP contribution in [0.5, 0.6) is 0 Å². The maximum atomic E-state index is 12.3. The number of nitrogens with one attached hydrogen (secondary N) is 2. The van der Waals surface area contributed by atoms with Crippen LogP contribution in [0.1, 0.15) is 61.9 Å². The molecule has 0 aliphatic carbocycles. The van der Waals surface area contributed by atoms with Gasteiger partial charge in [0.2, 0.25) is 11.8 Å². The van der Waals surface area contributed by atoms with Crippen molar-refractivity contribution in [3.63, 3.8) is 0 Å². The molecule has 0 radical (unpaired) electrons. The van der Waals surface area contributed by atoms with E-state index in [0.717, 1.165) is 11.4 Å². The SMILES string of the molecule is CCOC(=O)c1c(/C=C/C(=O)NCC(=O)NC(C)(C)C)c(C)n(CC)c1C. The van der Waals surface area contributed by atoms with Crippen molar-refractivity contribution < 1.29 is 19.1 Å². The molecule has 0 fully saturated rings. The fourth-order valence-electron chi connectivity index (χ4n) is 2.89. The molecule has 7 nitrogen and oxygen atoms in total. The Bertz CT molecular complexity index is 739. The number of carbonyl (C=O) groups is 3. The van der Waals surface area contributed by atoms with Gasteiger partial charge in [0.1, 0.15) is 0 Å². The molecule has 0 unspecified atom stereocenters. The predicted molar refractivity (Wildman–Crippen MR) is 105 cm³/mol. The summed E-state index contributed by atoms with van der Waals surface area (Å²) in [5.41, 5.74) is 2.45. The number of hydrogen-bond acceptors (Lipinski definition) is 4. The van der Waals surface area contributed by atoms with Crippen molar-refractivity contribution in [2.45, 2.75) is 60.5 Å². The third-order valence-electron chi connectivity index (χ3n) is 3.97. The number of nitrogens with zero attached hydrogens (tertiary/aromatic N) is 1. The Balaban J connectivity index is 2.95. The smallest absolute Gasteiger partial charge is 0.340 e. The minimum atomic E-state index is -0.407. The largest absolute Gasteiger partial charge is 0.462 e. The topological polar surface area (TPSA) is 89.4 Å². The van der Waals surface area contributed by atoms with Crippen molar-refractivity contribution in [2.75, 3.05) is 13.2 Å². The van der Waals surface area contributed by atoms with E-state index >= 15 is 0 Å². The van der Waals surface area contributed by atoms with Gasteiger partial charge < -0.3 is 19.9 Å². The molecule has 1 aromatic heterocycles. The molecule has 2 N–H and O–H groups in total. The van der Waals surface area contributed by atoms with E-state index in [-0.39, 0.29) is 24.6 Å². The quantitative estimate of drug-likeness (QED) is 0.564. The molecule has 0 saturated carbocycles. The highest BCUT2D eigenvalue weighted by Crippen LogP contribution is 2.24. The molecule has 0 aliphatic rings. The molecule has 150 valence electrons. The van der Waals surface area contributed by atoms with Gasteiger partial charge in [0, 0.05) is 35.1 Å². The normalized spacial score (nSPS) is 11.5. The van der Waals surface area contributed by atoms with Gasteiger partial charge in [-0.2, -0.15) is 0 Å². The maximum absolute atomic E-state index is 12.3. The van der Waals surface area contributed by atoms with Crippen LogP contribution in [0.2, 0.25) is 0 Å². The summed E-state index contributed by atoms with van der Waals surface area (Å²) in [4.78, 5) is 36.2. The fourth-order valence-corrected chi connectivity index (χ4v) is 2.89. The Labute approximate surface area is 161 Å². The summed E-state index contributed by atoms with van der Waals surface area (Å²) in [6.45, 7) is 14.0. The zero-order valence-corrected chi connectivity index (χ0v) is 17.4. The second kappa shape index (κ2) is 9.39. The molecule has 1 heterocycles. The second-order valence-corrected chi connectivity index (χ2v) is 7.27. The number of aromatic nitrogens is 1. The average Bonchev–Trinajstić information content (AvgIpc) is 2.79. The minimum Gasteiger partial charge on any atom is -0.462 e. The van der Waals surface area contributed by atoms with Crippen LogP contribution in [0.25, 0.3) is 6.08 Å². The Morgan fingerprint density at radius 1 is 1.11 bits per heavy atom. The maximum Gasteiger partial charge on any atom is 0.340 e. The Hall–Kier alpha value is -2.57. The molecule has 0 aliphatic heterocycles. The van der Waals surface area contributed by atoms with Crippen molar-refractivity contribution >= 4 is 23.9 Å². The summed E-state index contributed by atoms with van der Waals surface area (Å²) in [6, 6.07) is 0. The summed E-state index contributed by atoms with van der Waals surface area (Å²) < 4.78 is 7.16. The lowest BCUT2D eigenvalue weighted by Crippen LogP contribution is -2.45. The zero-order chi connectivity index (χ0) is 20.8. The molecular formula is C20H31N3O4. The standard InChI is InChI=1S/C20H31N3O4/c1-8-23-13(3)15(18(14(23)4)19(26)27-9-2)10-11-16(24)21-12-17(25)22-20(5,6)7/h10-11H,8-9,12H2,1-7H3,(H,21,24)(H,22,25)/b11-10+. The summed E-state index contributed by atoms with van der Waals surface area (Å²) >= 11 is 0. The van der Waals surface area contributed by atoms with Gasteiger partial charge >= 0.3 is 5.97 Å². The van der Waals surface area contributed by atoms with Crippen LogP contribution in [-0.2, 0) is 20.9 Å². The van der Waals surface area contributed by atoms with Crippen LogP contribution < -0.4 is 10.6 Å². The molecule has 27 heavy (non-hydrogen) atoms. The molecular weight excluding hydrogens is 346 g/mol. The third kappa shape index (κ3) is 6.27. The lowest BCUT2D eigenvalue weighted by Gasteiger charge is -2.20. The van der Waals surface area contributed by atoms with Gasteiger partial charge in [-0.25, -0.2) is 4.79 Å². The summed E-state index contributed by atoms with van der Waals surface area (Å²) in [5.74, 6) is -1.08. The van der Waals surface area contributed by atoms with Gasteiger partial charge in [-0.15, -0.1) is 0 Å². The van der Waals surface area contributed by atoms with E-state index in [1.807, 2.05) is 46.1 Å². The first-order valence-electron chi connectivity index (χ1n) is 9.15. The van der Waals surface area contributed by atoms with Gasteiger partial charge in [0.05, 0.1) is 18.7 Å². The Morgan fingerprint density at radius 3 is 2.26 bits per heavy atom. The van der Waals surface area contributed by atoms with Crippen LogP contribution in [0.3, 0.4) is 0 Å². The first-order valence-corrected chi connectivity index (χ1v) is 9.15. The molecule has 2 amide bonds. The molecule has 0 bridgehead atoms. The van der Waals surface area contributed by atoms with Crippen molar-refractivity contribution in [3.8, 4) is 0 Å². The molecule has 7 heteroatoms. The number of ether oxygens (including phenoxy) is 1. The van der Waals surface area contributed by atoms with Gasteiger partial charge in [-0.3, -0.25) is 9.59 Å². The van der Waals surface area contributed by atoms with Gasteiger partial charge in [-0.05, 0) is 54.5 Å². The number of rotatable bonds is 7. The highest BCUT2D eigenvalue weighted by Gasteiger charge is 2.22. The second-order valence-electron chi connectivity index (χ2n) is 7.27. The number of esters is 1. The molecule has 1 aromatic rings. The average molecular weight is 377 g/mol. The summed E-state index contributed by atoms with van der Waals surface area (Å²) in [7, 11) is 0. The third-order valence-corrected chi connectivity index (χ3v) is 3.97. The van der Waals surface area contributed by atoms with E-state index in [1.54, 1.807) is 13.0 Å². The van der Waals surface area contributed by atoms with Crippen molar-refractivity contribution in [1.82, 2.24) is 15.2 Å². The lowest BCUT2D eigenvalue weighted by atomic mass is 10.1. The zero-order valence-electron chi connectivity index (χ0n) is 17.4. The van der Waals surface area contributed by atoms with Crippen LogP contribution in [0.4, 0.5) is 0 Å². The highest BCUT2D eigenvalue weighted by molar-refractivity contribution is 5.99. The van der Waals surface area contributed by atoms with E-state index in [2.05, 4.69) is 10.6 Å². The van der Waals surface area contributed by atoms with Crippen molar-refractivity contribution in [1.29, 1.82) is 0 Å². The molecule has 0 aromatic carbocycles. The summed E-state index contributed by atoms with van der Waals surface area (Å²) in [5, 5.41) is 5.31. The van der Waals surface area contributed by atoms with Gasteiger partial charge in [0.25, 0.3) is 0 Å². The van der Waals surface area contributed by atoms with Crippen LogP contribution >= 0.6 is 0 Å². The molecule has 1 rings (SSSR count). The number of hydrogen-bond donors (Lipinski definition) is 2. The number of carbonyl (C=O) groups excluding carboxylic acids is 3. The lowest BCUT2D eigenvalue weighted by molar-refractivity contribution is -0.124. The van der Waals surface area contributed by atoms with Gasteiger partial charge in [0.15, 0.2) is 0 Å². The molecule has 0 saturated heterocycles. The Kier molecular flexibility index (Phi) is 7.82. The monoisotopic (exact) mass is 377 g/mol. The minimum absolute atomic E-state index is 0.112. The van der Waals surface area contributed by atoms with Crippen molar-refractivity contribution in [2.24, 2.45) is 0 Å². The molecule has 0 spiro atoms. The Morgan fingerprint density at radius 2 is 1.74 bits per heavy atom. The van der Waals surface area contributed by atoms with Gasteiger partial charge in [-0.1, -0.05) is 0 Å². The van der Waals surface area contributed by atoms with Crippen LogP contribution in [0, 0.1) is 13.8 Å². The first-order chi connectivity index (χ1) is 12.5. The van der Waals surface area contributed by atoms with E-state index in [9.17, 15) is 14.4 Å². The van der Waals surface area contributed by atoms with Crippen molar-refractivity contribution in [3.05, 3.63) is 28.6 Å². The fraction of sp³-hybridized carbons (Fsp3) is 0.550. The highest BCUT2D eigenvalue weighted by atomic mass is 16.5. The van der Waals surface area contributed by atoms with E-state index in [4.69, 9.17) is 4.74 Å². The van der Waals surface area contributed by atoms with E-state index in [0.29, 0.717) is 17.7 Å². The molecule has 0 atom stereocenters. The summed E-state index contributed by atoms with van der Waals surface area (Å²) in [6.07, 6.45) is 2.92. The number of amides is 2. The predicted octanol–water partition coefficient (Wildman–Crippen LogP) is 2.35. The van der Waals surface area contributed by atoms with Crippen LogP contribution in [0.15, 0.2) is 6.08 Å². The van der Waals surface area contributed by atoms with E-state index in [1.165, 1.54) is 6.08 Å². The van der Waals surface area contributed by atoms with E-state index < -0.39 is 11.9 Å². The van der Waals surface area contributed by atoms with Crippen LogP contribution in [-0.4, -0.2) is 41.0 Å². The first kappa shape index (κ1) is 22.5.